The van der Waals surface area contributed by atoms with E-state index in [0.717, 1.165) is 17.0 Å². The van der Waals surface area contributed by atoms with Crippen molar-refractivity contribution in [3.63, 3.8) is 0 Å². The third-order valence-electron chi connectivity index (χ3n) is 4.11. The van der Waals surface area contributed by atoms with Crippen LogP contribution in [0.3, 0.4) is 0 Å². The molecule has 1 aromatic carbocycles. The van der Waals surface area contributed by atoms with E-state index in [1.165, 1.54) is 6.20 Å². The molecule has 0 aliphatic carbocycles. The smallest absolute Gasteiger partial charge is 0.261 e. The number of aromatic nitrogens is 3. The van der Waals surface area contributed by atoms with Crippen molar-refractivity contribution in [3.05, 3.63) is 53.0 Å². The number of hydrogen-bond donors (Lipinski definition) is 2. The Morgan fingerprint density at radius 3 is 2.62 bits per heavy atom. The van der Waals surface area contributed by atoms with Crippen LogP contribution in [-0.4, -0.2) is 26.4 Å². The number of nitrogens with one attached hydrogen (secondary N) is 2. The molecule has 26 heavy (non-hydrogen) atoms. The third kappa shape index (κ3) is 3.42. The van der Waals surface area contributed by atoms with E-state index >= 15 is 0 Å². The Kier molecular flexibility index (Phi) is 4.71. The van der Waals surface area contributed by atoms with Gasteiger partial charge in [0.05, 0.1) is 6.20 Å². The summed E-state index contributed by atoms with van der Waals surface area (Å²) < 4.78 is 1.65. The van der Waals surface area contributed by atoms with Gasteiger partial charge < -0.3 is 10.6 Å². The molecule has 0 saturated heterocycles. The van der Waals surface area contributed by atoms with Gasteiger partial charge in [0.2, 0.25) is 5.91 Å². The Bertz CT molecular complexity index is 1010. The van der Waals surface area contributed by atoms with Crippen molar-refractivity contribution in [1.82, 2.24) is 14.6 Å². The van der Waals surface area contributed by atoms with Gasteiger partial charge in [0.25, 0.3) is 5.91 Å². The quantitative estimate of drug-likeness (QED) is 0.755. The lowest BCUT2D eigenvalue weighted by molar-refractivity contribution is -0.115. The molecule has 0 aliphatic rings. The second-order valence-electron chi connectivity index (χ2n) is 6.22. The van der Waals surface area contributed by atoms with E-state index < -0.39 is 0 Å². The maximum atomic E-state index is 12.8. The van der Waals surface area contributed by atoms with Crippen molar-refractivity contribution >= 4 is 28.8 Å². The molecule has 2 heterocycles. The van der Waals surface area contributed by atoms with Crippen LogP contribution in [0.15, 0.2) is 30.5 Å². The number of anilines is 2. The number of aryl methyl sites for hydroxylation is 3. The molecular weight excluding hydrogens is 330 g/mol. The van der Waals surface area contributed by atoms with E-state index in [4.69, 9.17) is 0 Å². The molecule has 0 radical (unpaired) electrons. The highest BCUT2D eigenvalue weighted by atomic mass is 16.2. The summed E-state index contributed by atoms with van der Waals surface area (Å²) in [5.41, 5.74) is 4.82. The minimum Gasteiger partial charge on any atom is -0.326 e. The van der Waals surface area contributed by atoms with E-state index in [9.17, 15) is 9.59 Å². The van der Waals surface area contributed by atoms with Crippen LogP contribution in [0, 0.1) is 20.8 Å². The zero-order valence-electron chi connectivity index (χ0n) is 15.3. The van der Waals surface area contributed by atoms with Crippen LogP contribution in [0.2, 0.25) is 0 Å². The summed E-state index contributed by atoms with van der Waals surface area (Å²) in [5, 5.41) is 9.93. The molecule has 3 aromatic rings. The summed E-state index contributed by atoms with van der Waals surface area (Å²) in [6.45, 7) is 7.48. The van der Waals surface area contributed by atoms with Crippen LogP contribution in [0.1, 0.15) is 40.7 Å². The van der Waals surface area contributed by atoms with Gasteiger partial charge in [-0.1, -0.05) is 13.0 Å². The molecule has 0 fully saturated rings. The standard InChI is InChI=1S/C19H21N5O2/c1-5-17(25)22-14-7-6-11(2)16(9-14)23-19(26)15-10-20-24-13(4)8-12(3)21-18(15)24/h6-10H,5H2,1-4H3,(H,22,25)(H,23,26). The molecule has 134 valence electrons. The zero-order valence-corrected chi connectivity index (χ0v) is 15.3. The van der Waals surface area contributed by atoms with Gasteiger partial charge in [-0.3, -0.25) is 9.59 Å². The fraction of sp³-hybridized carbons (Fsp3) is 0.263. The molecule has 2 amide bonds. The molecule has 0 spiro atoms. The first-order valence-corrected chi connectivity index (χ1v) is 8.43. The van der Waals surface area contributed by atoms with E-state index in [-0.39, 0.29) is 11.8 Å². The molecule has 0 atom stereocenters. The lowest BCUT2D eigenvalue weighted by atomic mass is 10.1. The highest BCUT2D eigenvalue weighted by Crippen LogP contribution is 2.22. The van der Waals surface area contributed by atoms with E-state index in [2.05, 4.69) is 20.7 Å². The second kappa shape index (κ2) is 6.95. The van der Waals surface area contributed by atoms with Crippen LogP contribution in [0.4, 0.5) is 11.4 Å². The molecule has 0 unspecified atom stereocenters. The molecule has 3 rings (SSSR count). The Morgan fingerprint density at radius 1 is 1.12 bits per heavy atom. The number of carbonyl (C=O) groups excluding carboxylic acids is 2. The number of nitrogens with zero attached hydrogens (tertiary/aromatic N) is 3. The van der Waals surface area contributed by atoms with Gasteiger partial charge in [-0.25, -0.2) is 9.50 Å². The Labute approximate surface area is 151 Å². The Morgan fingerprint density at radius 2 is 1.88 bits per heavy atom. The summed E-state index contributed by atoms with van der Waals surface area (Å²) >= 11 is 0. The maximum Gasteiger partial charge on any atom is 0.261 e. The number of benzene rings is 1. The summed E-state index contributed by atoms with van der Waals surface area (Å²) in [4.78, 5) is 28.8. The van der Waals surface area contributed by atoms with Gasteiger partial charge in [0.15, 0.2) is 5.65 Å². The molecule has 2 aromatic heterocycles. The number of carbonyl (C=O) groups is 2. The maximum absolute atomic E-state index is 12.8. The summed E-state index contributed by atoms with van der Waals surface area (Å²) in [6, 6.07) is 7.31. The summed E-state index contributed by atoms with van der Waals surface area (Å²) in [5.74, 6) is -0.372. The minimum absolute atomic E-state index is 0.0797. The summed E-state index contributed by atoms with van der Waals surface area (Å²) in [7, 11) is 0. The Balaban J connectivity index is 1.91. The second-order valence-corrected chi connectivity index (χ2v) is 6.22. The average molecular weight is 351 g/mol. The fourth-order valence-corrected chi connectivity index (χ4v) is 2.70. The van der Waals surface area contributed by atoms with Crippen LogP contribution >= 0.6 is 0 Å². The first kappa shape index (κ1) is 17.6. The van der Waals surface area contributed by atoms with Crippen LogP contribution < -0.4 is 10.6 Å². The van der Waals surface area contributed by atoms with Crippen LogP contribution in [0.5, 0.6) is 0 Å². The van der Waals surface area contributed by atoms with Crippen LogP contribution in [0.25, 0.3) is 5.65 Å². The summed E-state index contributed by atoms with van der Waals surface area (Å²) in [6.07, 6.45) is 1.91. The first-order valence-electron chi connectivity index (χ1n) is 8.43. The average Bonchev–Trinajstić information content (AvgIpc) is 3.01. The minimum atomic E-state index is -0.292. The number of hydrogen-bond acceptors (Lipinski definition) is 4. The van der Waals surface area contributed by atoms with Crippen LogP contribution in [-0.2, 0) is 4.79 Å². The van der Waals surface area contributed by atoms with Gasteiger partial charge in [-0.05, 0) is 44.5 Å². The van der Waals surface area contributed by atoms with Crippen molar-refractivity contribution in [1.29, 1.82) is 0 Å². The fourth-order valence-electron chi connectivity index (χ4n) is 2.70. The Hall–Kier alpha value is -3.22. The number of fused-ring (bicyclic) bond motifs is 1. The van der Waals surface area contributed by atoms with Gasteiger partial charge in [-0.15, -0.1) is 0 Å². The van der Waals surface area contributed by atoms with Gasteiger partial charge in [0, 0.05) is 29.2 Å². The first-order chi connectivity index (χ1) is 12.4. The lowest BCUT2D eigenvalue weighted by Gasteiger charge is -2.11. The molecule has 0 aliphatic heterocycles. The van der Waals surface area contributed by atoms with E-state index in [1.54, 1.807) is 17.5 Å². The number of amides is 2. The van der Waals surface area contributed by atoms with Gasteiger partial charge >= 0.3 is 0 Å². The molecule has 0 bridgehead atoms. The van der Waals surface area contributed by atoms with Crippen molar-refractivity contribution in [3.8, 4) is 0 Å². The van der Waals surface area contributed by atoms with Crippen molar-refractivity contribution < 1.29 is 9.59 Å². The van der Waals surface area contributed by atoms with Crippen molar-refractivity contribution in [2.24, 2.45) is 0 Å². The monoisotopic (exact) mass is 351 g/mol. The van der Waals surface area contributed by atoms with E-state index in [1.807, 2.05) is 39.0 Å². The molecular formula is C19H21N5O2. The van der Waals surface area contributed by atoms with Gasteiger partial charge in [-0.2, -0.15) is 5.10 Å². The normalized spacial score (nSPS) is 10.8. The highest BCUT2D eigenvalue weighted by Gasteiger charge is 2.16. The zero-order chi connectivity index (χ0) is 18.8. The van der Waals surface area contributed by atoms with Gasteiger partial charge in [0.1, 0.15) is 5.56 Å². The molecule has 7 heteroatoms. The molecule has 7 nitrogen and oxygen atoms in total. The highest BCUT2D eigenvalue weighted by molar-refractivity contribution is 6.08. The number of rotatable bonds is 4. The largest absolute Gasteiger partial charge is 0.326 e. The van der Waals surface area contributed by atoms with Crippen molar-refractivity contribution in [2.45, 2.75) is 34.1 Å². The predicted octanol–water partition coefficient (Wildman–Crippen LogP) is 3.26. The van der Waals surface area contributed by atoms with Crippen molar-refractivity contribution in [2.75, 3.05) is 10.6 Å². The topological polar surface area (TPSA) is 88.4 Å². The lowest BCUT2D eigenvalue weighted by Crippen LogP contribution is -2.14. The molecule has 2 N–H and O–H groups in total. The predicted molar refractivity (Wildman–Crippen MR) is 101 cm³/mol. The third-order valence-corrected chi connectivity index (χ3v) is 4.11. The van der Waals surface area contributed by atoms with E-state index in [0.29, 0.717) is 29.0 Å². The SMILES string of the molecule is CCC(=O)Nc1ccc(C)c(NC(=O)c2cnn3c(C)cc(C)nc23)c1. The molecule has 0 saturated carbocycles.